The number of rotatable bonds is 53. The number of hydrogen-bond acceptors (Lipinski definition) is 17. The average Bonchev–Trinajstić information content (AvgIpc) is 3.38. The Morgan fingerprint density at radius 2 is 0.611 bits per heavy atom. The standard InChI is InChI=1S/C55H104N8O9/c1-5-9-13-17-21-25-45-69-49(65)31-40-62(41-32-50(66)70-46-26-22-18-14-10-6-2)38-29-35-56-53-59-54(61-55(60-53)58-37-44-64)57-36-30-39-63(42-33-51(67)71-47-27-23-19-15-11-7-3)43-34-52(68)72-48-28-24-20-16-12-8-4/h64H,5-48H2,1-4H3,(H3,56,57,58,59,60,61). The van der Waals surface area contributed by atoms with Crippen LogP contribution in [0.3, 0.4) is 0 Å². The molecule has 0 saturated carbocycles. The van der Waals surface area contributed by atoms with E-state index < -0.39 is 0 Å². The van der Waals surface area contributed by atoms with E-state index in [1.807, 2.05) is 0 Å². The molecule has 0 aliphatic heterocycles. The van der Waals surface area contributed by atoms with Crippen LogP contribution in [-0.4, -0.2) is 146 Å². The SMILES string of the molecule is CCCCCCCCOC(=O)CCN(CCCNc1nc(NCCO)nc(NCCCN(CCC(=O)OCCCCCCCC)CCC(=O)OCCCCCCCC)n1)CCC(=O)OCCCCCCCC. The second kappa shape index (κ2) is 49.4. The zero-order chi connectivity index (χ0) is 52.4. The molecule has 1 rings (SSSR count). The van der Waals surface area contributed by atoms with Crippen LogP contribution in [0.5, 0.6) is 0 Å². The van der Waals surface area contributed by atoms with Crippen LogP contribution in [-0.2, 0) is 38.1 Å². The normalized spacial score (nSPS) is 11.3. The Hall–Kier alpha value is -3.83. The van der Waals surface area contributed by atoms with Gasteiger partial charge in [0.25, 0.3) is 0 Å². The summed E-state index contributed by atoms with van der Waals surface area (Å²) in [5, 5.41) is 19.1. The highest BCUT2D eigenvalue weighted by Gasteiger charge is 2.15. The fraction of sp³-hybridized carbons (Fsp3) is 0.873. The lowest BCUT2D eigenvalue weighted by atomic mass is 10.1. The van der Waals surface area contributed by atoms with Gasteiger partial charge in [-0.25, -0.2) is 0 Å². The summed E-state index contributed by atoms with van der Waals surface area (Å²) < 4.78 is 22.2. The summed E-state index contributed by atoms with van der Waals surface area (Å²) in [5.41, 5.74) is 0. The Morgan fingerprint density at radius 3 is 0.875 bits per heavy atom. The minimum atomic E-state index is -0.226. The van der Waals surface area contributed by atoms with Crippen molar-refractivity contribution in [3.05, 3.63) is 0 Å². The van der Waals surface area contributed by atoms with Gasteiger partial charge < -0.3 is 49.8 Å². The molecule has 0 aromatic carbocycles. The Labute approximate surface area is 436 Å². The lowest BCUT2D eigenvalue weighted by Crippen LogP contribution is -2.32. The van der Waals surface area contributed by atoms with Crippen molar-refractivity contribution in [2.75, 3.05) is 108 Å². The molecule has 0 aliphatic carbocycles. The molecule has 0 fully saturated rings. The number of hydrogen-bond donors (Lipinski definition) is 4. The second-order valence-electron chi connectivity index (χ2n) is 19.2. The predicted octanol–water partition coefficient (Wildman–Crippen LogP) is 10.7. The summed E-state index contributed by atoms with van der Waals surface area (Å²) in [6.07, 6.45) is 29.3. The summed E-state index contributed by atoms with van der Waals surface area (Å²) in [6.45, 7) is 14.9. The Balaban J connectivity index is 2.82. The maximum Gasteiger partial charge on any atom is 0.307 e. The van der Waals surface area contributed by atoms with E-state index in [2.05, 4.69) is 68.4 Å². The molecule has 1 heterocycles. The monoisotopic (exact) mass is 1020 g/mol. The Morgan fingerprint density at radius 1 is 0.361 bits per heavy atom. The van der Waals surface area contributed by atoms with E-state index in [1.54, 1.807) is 0 Å². The molecule has 1 aromatic rings. The van der Waals surface area contributed by atoms with Gasteiger partial charge in [-0.3, -0.25) is 19.2 Å². The zero-order valence-electron chi connectivity index (χ0n) is 46.1. The quantitative estimate of drug-likeness (QED) is 0.0272. The molecular formula is C55H104N8O9. The smallest absolute Gasteiger partial charge is 0.307 e. The van der Waals surface area contributed by atoms with Gasteiger partial charge in [-0.05, 0) is 51.6 Å². The van der Waals surface area contributed by atoms with E-state index in [1.165, 1.54) is 77.0 Å². The third-order valence-electron chi connectivity index (χ3n) is 12.5. The highest BCUT2D eigenvalue weighted by atomic mass is 16.5. The molecule has 0 radical (unpaired) electrons. The van der Waals surface area contributed by atoms with Crippen molar-refractivity contribution < 1.29 is 43.2 Å². The Bertz CT molecular complexity index is 1300. The van der Waals surface area contributed by atoms with Gasteiger partial charge in [-0.2, -0.15) is 15.0 Å². The molecule has 0 spiro atoms. The van der Waals surface area contributed by atoms with E-state index >= 15 is 0 Å². The van der Waals surface area contributed by atoms with Crippen LogP contribution in [0.4, 0.5) is 17.8 Å². The third kappa shape index (κ3) is 41.6. The third-order valence-corrected chi connectivity index (χ3v) is 12.5. The largest absolute Gasteiger partial charge is 0.466 e. The maximum absolute atomic E-state index is 12.7. The average molecular weight is 1020 g/mol. The number of unbranched alkanes of at least 4 members (excludes halogenated alkanes) is 20. The van der Waals surface area contributed by atoms with Crippen molar-refractivity contribution in [1.82, 2.24) is 24.8 Å². The van der Waals surface area contributed by atoms with E-state index in [-0.39, 0.29) is 62.7 Å². The van der Waals surface area contributed by atoms with Crippen LogP contribution in [0.25, 0.3) is 0 Å². The molecule has 0 bridgehead atoms. The fourth-order valence-electron chi connectivity index (χ4n) is 8.02. The number of nitrogens with zero attached hydrogens (tertiary/aromatic N) is 5. The van der Waals surface area contributed by atoms with Gasteiger partial charge in [0.2, 0.25) is 17.8 Å². The first kappa shape index (κ1) is 66.2. The lowest BCUT2D eigenvalue weighted by Gasteiger charge is -2.22. The number of aliphatic hydroxyl groups excluding tert-OH is 1. The van der Waals surface area contributed by atoms with E-state index in [0.29, 0.717) is 109 Å². The summed E-state index contributed by atoms with van der Waals surface area (Å²) in [5.74, 6) is 0.122. The van der Waals surface area contributed by atoms with Crippen molar-refractivity contribution in [2.24, 2.45) is 0 Å². The van der Waals surface area contributed by atoms with Gasteiger partial charge in [-0.1, -0.05) is 156 Å². The fourth-order valence-corrected chi connectivity index (χ4v) is 8.02. The maximum atomic E-state index is 12.7. The van der Waals surface area contributed by atoms with Crippen LogP contribution >= 0.6 is 0 Å². The number of aromatic nitrogens is 3. The van der Waals surface area contributed by atoms with Crippen LogP contribution in [0.1, 0.15) is 220 Å². The van der Waals surface area contributed by atoms with Crippen LogP contribution in [0.2, 0.25) is 0 Å². The first-order chi connectivity index (χ1) is 35.2. The molecule has 0 unspecified atom stereocenters. The van der Waals surface area contributed by atoms with Crippen LogP contribution < -0.4 is 16.0 Å². The first-order valence-corrected chi connectivity index (χ1v) is 28.9. The number of esters is 4. The van der Waals surface area contributed by atoms with Gasteiger partial charge in [0.1, 0.15) is 0 Å². The zero-order valence-corrected chi connectivity index (χ0v) is 46.1. The minimum Gasteiger partial charge on any atom is -0.466 e. The predicted molar refractivity (Wildman–Crippen MR) is 290 cm³/mol. The van der Waals surface area contributed by atoms with Crippen molar-refractivity contribution in [3.8, 4) is 0 Å². The van der Waals surface area contributed by atoms with E-state index in [0.717, 1.165) is 77.0 Å². The molecule has 0 atom stereocenters. The molecule has 0 amide bonds. The Kier molecular flexibility index (Phi) is 45.4. The molecule has 418 valence electrons. The second-order valence-corrected chi connectivity index (χ2v) is 19.2. The number of carbonyl (C=O) groups excluding carboxylic acids is 4. The number of ether oxygens (including phenoxy) is 4. The molecule has 72 heavy (non-hydrogen) atoms. The summed E-state index contributed by atoms with van der Waals surface area (Å²) in [6, 6.07) is 0. The van der Waals surface area contributed by atoms with Crippen molar-refractivity contribution >= 4 is 41.7 Å². The molecule has 0 saturated heterocycles. The highest BCUT2D eigenvalue weighted by Crippen LogP contribution is 2.13. The highest BCUT2D eigenvalue weighted by molar-refractivity contribution is 5.71. The van der Waals surface area contributed by atoms with Gasteiger partial charge >= 0.3 is 23.9 Å². The van der Waals surface area contributed by atoms with Crippen molar-refractivity contribution in [2.45, 2.75) is 220 Å². The molecule has 1 aromatic heterocycles. The first-order valence-electron chi connectivity index (χ1n) is 28.9. The van der Waals surface area contributed by atoms with Gasteiger partial charge in [0, 0.05) is 45.8 Å². The minimum absolute atomic E-state index is 0.0960. The lowest BCUT2D eigenvalue weighted by molar-refractivity contribution is -0.146. The number of nitrogens with one attached hydrogen (secondary N) is 3. The van der Waals surface area contributed by atoms with Crippen LogP contribution in [0, 0.1) is 0 Å². The van der Waals surface area contributed by atoms with Gasteiger partial charge in [0.05, 0.1) is 58.7 Å². The topological polar surface area (TPSA) is 207 Å². The molecular weight excluding hydrogens is 917 g/mol. The van der Waals surface area contributed by atoms with E-state index in [9.17, 15) is 24.3 Å². The summed E-state index contributed by atoms with van der Waals surface area (Å²) in [4.78, 5) is 68.6. The van der Waals surface area contributed by atoms with Crippen molar-refractivity contribution in [1.29, 1.82) is 0 Å². The van der Waals surface area contributed by atoms with Gasteiger partial charge in [-0.15, -0.1) is 0 Å². The van der Waals surface area contributed by atoms with Crippen molar-refractivity contribution in [3.63, 3.8) is 0 Å². The summed E-state index contributed by atoms with van der Waals surface area (Å²) in [7, 11) is 0. The number of carbonyl (C=O) groups is 4. The molecule has 17 heteroatoms. The molecule has 4 N–H and O–H groups in total. The molecule has 17 nitrogen and oxygen atoms in total. The van der Waals surface area contributed by atoms with Crippen LogP contribution in [0.15, 0.2) is 0 Å². The number of anilines is 3. The van der Waals surface area contributed by atoms with Gasteiger partial charge in [0.15, 0.2) is 0 Å². The molecule has 0 aliphatic rings. The van der Waals surface area contributed by atoms with E-state index in [4.69, 9.17) is 18.9 Å². The summed E-state index contributed by atoms with van der Waals surface area (Å²) >= 11 is 0. The number of aliphatic hydroxyl groups is 1.